The van der Waals surface area contributed by atoms with Crippen LogP contribution in [-0.2, 0) is 11.2 Å². The third kappa shape index (κ3) is 2.26. The summed E-state index contributed by atoms with van der Waals surface area (Å²) in [5.41, 5.74) is 1.11. The molecule has 98 valence electrons. The normalized spacial score (nSPS) is 17.0. The molecule has 1 amide bonds. The van der Waals surface area contributed by atoms with Crippen molar-refractivity contribution < 1.29 is 9.53 Å². The summed E-state index contributed by atoms with van der Waals surface area (Å²) in [4.78, 5) is 11.9. The van der Waals surface area contributed by atoms with Gasteiger partial charge >= 0.3 is 0 Å². The summed E-state index contributed by atoms with van der Waals surface area (Å²) < 4.78 is 5.72. The van der Waals surface area contributed by atoms with E-state index in [1.165, 1.54) is 5.39 Å². The molecule has 1 heterocycles. The van der Waals surface area contributed by atoms with Crippen LogP contribution in [0.3, 0.4) is 0 Å². The monoisotopic (exact) mass is 275 g/mol. The molecule has 1 atom stereocenters. The number of amides is 1. The first-order valence-electron chi connectivity index (χ1n) is 6.30. The highest BCUT2D eigenvalue weighted by Gasteiger charge is 2.29. The molecule has 3 nitrogen and oxygen atoms in total. The minimum absolute atomic E-state index is 0.0964. The van der Waals surface area contributed by atoms with Crippen molar-refractivity contribution in [2.75, 3.05) is 12.4 Å². The van der Waals surface area contributed by atoms with Crippen LogP contribution in [0.2, 0.25) is 0 Å². The van der Waals surface area contributed by atoms with Crippen LogP contribution in [0.15, 0.2) is 36.4 Å². The van der Waals surface area contributed by atoms with Crippen LogP contribution < -0.4 is 10.1 Å². The van der Waals surface area contributed by atoms with E-state index >= 15 is 0 Å². The van der Waals surface area contributed by atoms with E-state index in [9.17, 15) is 4.79 Å². The molecular weight excluding hydrogens is 262 g/mol. The fourth-order valence-electron chi connectivity index (χ4n) is 2.45. The third-order valence-electron chi connectivity index (χ3n) is 3.34. The van der Waals surface area contributed by atoms with E-state index in [0.717, 1.165) is 16.7 Å². The molecule has 3 rings (SSSR count). The summed E-state index contributed by atoms with van der Waals surface area (Å²) in [6.45, 7) is 0.470. The standard InChI is InChI=1S/C15H14ClNO2/c16-7-8-17-15(18)14-9-12-11-4-2-1-3-10(11)5-6-13(12)19-14/h1-6,14H,7-9H2,(H,17,18)/t14-/m1/s1. The van der Waals surface area contributed by atoms with Crippen molar-refractivity contribution in [1.29, 1.82) is 0 Å². The maximum Gasteiger partial charge on any atom is 0.261 e. The van der Waals surface area contributed by atoms with Crippen LogP contribution in [0.1, 0.15) is 5.56 Å². The van der Waals surface area contributed by atoms with Crippen LogP contribution in [0.4, 0.5) is 0 Å². The molecule has 0 aromatic heterocycles. The Balaban J connectivity index is 1.88. The molecule has 2 aromatic carbocycles. The maximum atomic E-state index is 11.9. The lowest BCUT2D eigenvalue weighted by atomic mass is 10.0. The van der Waals surface area contributed by atoms with Crippen LogP contribution in [-0.4, -0.2) is 24.4 Å². The number of benzene rings is 2. The molecule has 0 aliphatic carbocycles. The highest BCUT2D eigenvalue weighted by Crippen LogP contribution is 2.34. The molecule has 19 heavy (non-hydrogen) atoms. The number of nitrogens with one attached hydrogen (secondary N) is 1. The van der Waals surface area contributed by atoms with Crippen molar-refractivity contribution in [2.24, 2.45) is 0 Å². The van der Waals surface area contributed by atoms with Crippen LogP contribution in [0.5, 0.6) is 5.75 Å². The number of alkyl halides is 1. The average Bonchev–Trinajstić information content (AvgIpc) is 2.89. The van der Waals surface area contributed by atoms with Crippen molar-refractivity contribution >= 4 is 28.3 Å². The maximum absolute atomic E-state index is 11.9. The first-order valence-corrected chi connectivity index (χ1v) is 6.84. The molecule has 4 heteroatoms. The Kier molecular flexibility index (Phi) is 3.30. The molecule has 2 aromatic rings. The van der Waals surface area contributed by atoms with E-state index in [1.807, 2.05) is 24.3 Å². The summed E-state index contributed by atoms with van der Waals surface area (Å²) in [7, 11) is 0. The number of halogens is 1. The highest BCUT2D eigenvalue weighted by atomic mass is 35.5. The second-order valence-corrected chi connectivity index (χ2v) is 4.93. The first kappa shape index (κ1) is 12.3. The molecular formula is C15H14ClNO2. The van der Waals surface area contributed by atoms with Gasteiger partial charge in [-0.15, -0.1) is 11.6 Å². The van der Waals surface area contributed by atoms with Crippen molar-refractivity contribution in [3.63, 3.8) is 0 Å². The van der Waals surface area contributed by atoms with Gasteiger partial charge in [-0.25, -0.2) is 0 Å². The number of carbonyl (C=O) groups excluding carboxylic acids is 1. The lowest BCUT2D eigenvalue weighted by Crippen LogP contribution is -2.38. The van der Waals surface area contributed by atoms with Crippen molar-refractivity contribution in [3.8, 4) is 5.75 Å². The van der Waals surface area contributed by atoms with Gasteiger partial charge in [-0.1, -0.05) is 30.3 Å². The minimum atomic E-state index is -0.441. The Morgan fingerprint density at radius 2 is 2.16 bits per heavy atom. The second kappa shape index (κ2) is 5.10. The number of rotatable bonds is 3. The SMILES string of the molecule is O=C(NCCCl)[C@H]1Cc2c(ccc3ccccc23)O1. The quantitative estimate of drug-likeness (QED) is 0.874. The zero-order valence-electron chi connectivity index (χ0n) is 10.4. The number of ether oxygens (including phenoxy) is 1. The summed E-state index contributed by atoms with van der Waals surface area (Å²) in [5.74, 6) is 1.12. The lowest BCUT2D eigenvalue weighted by molar-refractivity contribution is -0.127. The van der Waals surface area contributed by atoms with Crippen molar-refractivity contribution in [1.82, 2.24) is 5.32 Å². The molecule has 0 saturated carbocycles. The molecule has 0 saturated heterocycles. The van der Waals surface area contributed by atoms with E-state index in [4.69, 9.17) is 16.3 Å². The van der Waals surface area contributed by atoms with E-state index < -0.39 is 6.10 Å². The third-order valence-corrected chi connectivity index (χ3v) is 3.53. The van der Waals surface area contributed by atoms with Gasteiger partial charge in [0.05, 0.1) is 0 Å². The highest BCUT2D eigenvalue weighted by molar-refractivity contribution is 6.18. The molecule has 0 fully saturated rings. The van der Waals surface area contributed by atoms with E-state index in [1.54, 1.807) is 0 Å². The van der Waals surface area contributed by atoms with Crippen LogP contribution in [0, 0.1) is 0 Å². The Hall–Kier alpha value is -1.74. The van der Waals surface area contributed by atoms with Gasteiger partial charge < -0.3 is 10.1 Å². The number of fused-ring (bicyclic) bond motifs is 3. The van der Waals surface area contributed by atoms with Gasteiger partial charge in [-0.05, 0) is 16.8 Å². The number of hydrogen-bond donors (Lipinski definition) is 1. The first-order chi connectivity index (χ1) is 9.29. The second-order valence-electron chi connectivity index (χ2n) is 4.55. The molecule has 0 unspecified atom stereocenters. The molecule has 1 aliphatic rings. The van der Waals surface area contributed by atoms with Gasteiger partial charge in [0.15, 0.2) is 6.10 Å². The Bertz CT molecular complexity index is 627. The molecule has 0 spiro atoms. The van der Waals surface area contributed by atoms with Gasteiger partial charge in [-0.3, -0.25) is 4.79 Å². The Morgan fingerprint density at radius 1 is 1.32 bits per heavy atom. The average molecular weight is 276 g/mol. The zero-order chi connectivity index (χ0) is 13.2. The smallest absolute Gasteiger partial charge is 0.261 e. The molecule has 0 bridgehead atoms. The van der Waals surface area contributed by atoms with Gasteiger partial charge in [0.25, 0.3) is 5.91 Å². The predicted molar refractivity (Wildman–Crippen MR) is 75.8 cm³/mol. The minimum Gasteiger partial charge on any atom is -0.480 e. The van der Waals surface area contributed by atoms with Crippen LogP contribution >= 0.6 is 11.6 Å². The molecule has 0 radical (unpaired) electrons. The summed E-state index contributed by atoms with van der Waals surface area (Å²) in [6, 6.07) is 12.1. The topological polar surface area (TPSA) is 38.3 Å². The van der Waals surface area contributed by atoms with Gasteiger partial charge in [0, 0.05) is 24.4 Å². The van der Waals surface area contributed by atoms with E-state index in [2.05, 4.69) is 17.4 Å². The zero-order valence-corrected chi connectivity index (χ0v) is 11.1. The van der Waals surface area contributed by atoms with Gasteiger partial charge in [0.1, 0.15) is 5.75 Å². The summed E-state index contributed by atoms with van der Waals surface area (Å²) in [5, 5.41) is 5.09. The fourth-order valence-corrected chi connectivity index (χ4v) is 2.54. The number of hydrogen-bond acceptors (Lipinski definition) is 2. The molecule has 1 aliphatic heterocycles. The van der Waals surface area contributed by atoms with E-state index in [-0.39, 0.29) is 5.91 Å². The summed E-state index contributed by atoms with van der Waals surface area (Å²) in [6.07, 6.45) is 0.175. The lowest BCUT2D eigenvalue weighted by Gasteiger charge is -2.09. The van der Waals surface area contributed by atoms with Crippen LogP contribution in [0.25, 0.3) is 10.8 Å². The van der Waals surface area contributed by atoms with Crippen molar-refractivity contribution in [2.45, 2.75) is 12.5 Å². The fraction of sp³-hybridized carbons (Fsp3) is 0.267. The molecule has 1 N–H and O–H groups in total. The number of carbonyl (C=O) groups is 1. The Morgan fingerprint density at radius 3 is 3.00 bits per heavy atom. The van der Waals surface area contributed by atoms with Gasteiger partial charge in [0.2, 0.25) is 0 Å². The largest absolute Gasteiger partial charge is 0.480 e. The van der Waals surface area contributed by atoms with Crippen molar-refractivity contribution in [3.05, 3.63) is 42.0 Å². The summed E-state index contributed by atoms with van der Waals surface area (Å²) >= 11 is 5.56. The predicted octanol–water partition coefficient (Wildman–Crippen LogP) is 2.50. The van der Waals surface area contributed by atoms with E-state index in [0.29, 0.717) is 18.8 Å². The van der Waals surface area contributed by atoms with Gasteiger partial charge in [-0.2, -0.15) is 0 Å². The Labute approximate surface area is 116 Å².